The summed E-state index contributed by atoms with van der Waals surface area (Å²) < 4.78 is 7.06. The van der Waals surface area contributed by atoms with Crippen molar-refractivity contribution in [2.24, 2.45) is 0 Å². The Bertz CT molecular complexity index is 635. The molecule has 1 aliphatic rings. The van der Waals surface area contributed by atoms with Crippen LogP contribution in [0.1, 0.15) is 10.5 Å². The van der Waals surface area contributed by atoms with Crippen LogP contribution < -0.4 is 0 Å². The topological polar surface area (TPSA) is 50.6 Å². The smallest absolute Gasteiger partial charge is 0.274 e. The van der Waals surface area contributed by atoms with E-state index in [1.807, 2.05) is 43.6 Å². The van der Waals surface area contributed by atoms with E-state index in [0.29, 0.717) is 12.2 Å². The maximum Gasteiger partial charge on any atom is 0.274 e. The van der Waals surface area contributed by atoms with Crippen LogP contribution in [0.15, 0.2) is 42.6 Å². The summed E-state index contributed by atoms with van der Waals surface area (Å²) in [5.74, 6) is -0.0482. The fourth-order valence-corrected chi connectivity index (χ4v) is 2.58. The Balaban J connectivity index is 1.58. The third kappa shape index (κ3) is 3.97. The van der Waals surface area contributed by atoms with E-state index in [9.17, 15) is 4.79 Å². The number of benzene rings is 1. The van der Waals surface area contributed by atoms with Crippen molar-refractivity contribution in [2.45, 2.75) is 0 Å². The zero-order chi connectivity index (χ0) is 16.1. The van der Waals surface area contributed by atoms with Crippen molar-refractivity contribution >= 4 is 5.91 Å². The van der Waals surface area contributed by atoms with Crippen molar-refractivity contribution in [1.82, 2.24) is 19.6 Å². The van der Waals surface area contributed by atoms with Crippen LogP contribution in [-0.2, 0) is 4.74 Å². The van der Waals surface area contributed by atoms with Crippen LogP contribution in [0.3, 0.4) is 0 Å². The number of para-hydroxylation sites is 1. The largest absolute Gasteiger partial charge is 0.379 e. The van der Waals surface area contributed by atoms with Crippen molar-refractivity contribution in [3.05, 3.63) is 48.3 Å². The zero-order valence-corrected chi connectivity index (χ0v) is 13.4. The van der Waals surface area contributed by atoms with Gasteiger partial charge in [-0.05, 0) is 18.2 Å². The molecule has 0 aliphatic carbocycles. The first-order valence-corrected chi connectivity index (χ1v) is 7.91. The molecule has 1 aliphatic heterocycles. The first-order chi connectivity index (χ1) is 11.2. The highest BCUT2D eigenvalue weighted by Gasteiger charge is 2.17. The lowest BCUT2D eigenvalue weighted by molar-refractivity contribution is 0.0337. The molecule has 0 saturated carbocycles. The first kappa shape index (κ1) is 15.7. The number of morpholine rings is 1. The van der Waals surface area contributed by atoms with E-state index in [1.54, 1.807) is 15.6 Å². The molecular formula is C17H22N4O2. The molecule has 23 heavy (non-hydrogen) atoms. The maximum atomic E-state index is 12.5. The minimum absolute atomic E-state index is 0.0482. The van der Waals surface area contributed by atoms with Gasteiger partial charge in [0.05, 0.1) is 18.9 Å². The molecule has 0 unspecified atom stereocenters. The number of carbonyl (C=O) groups excluding carboxylic acids is 1. The standard InChI is InChI=1S/C17H22N4O2/c1-19(9-10-20-11-13-23-14-12-20)17(22)16-7-8-21(18-16)15-5-3-2-4-6-15/h2-8H,9-14H2,1H3. The van der Waals surface area contributed by atoms with Crippen LogP contribution in [-0.4, -0.2) is 71.9 Å². The summed E-state index contributed by atoms with van der Waals surface area (Å²) in [6, 6.07) is 11.5. The first-order valence-electron chi connectivity index (χ1n) is 7.91. The number of likely N-dealkylation sites (N-methyl/N-ethyl adjacent to an activating group) is 1. The van der Waals surface area contributed by atoms with Gasteiger partial charge in [-0.2, -0.15) is 5.10 Å². The normalized spacial score (nSPS) is 15.5. The molecule has 0 spiro atoms. The number of carbonyl (C=O) groups is 1. The molecule has 1 aromatic carbocycles. The molecule has 1 aromatic heterocycles. The van der Waals surface area contributed by atoms with Gasteiger partial charge in [-0.25, -0.2) is 4.68 Å². The van der Waals surface area contributed by atoms with Gasteiger partial charge in [0.15, 0.2) is 5.69 Å². The van der Waals surface area contributed by atoms with Crippen molar-refractivity contribution in [3.8, 4) is 5.69 Å². The van der Waals surface area contributed by atoms with Crippen LogP contribution in [0, 0.1) is 0 Å². The van der Waals surface area contributed by atoms with E-state index >= 15 is 0 Å². The summed E-state index contributed by atoms with van der Waals surface area (Å²) in [6.45, 7) is 4.98. The predicted molar refractivity (Wildman–Crippen MR) is 87.8 cm³/mol. The second-order valence-corrected chi connectivity index (χ2v) is 5.66. The highest BCUT2D eigenvalue weighted by Crippen LogP contribution is 2.08. The van der Waals surface area contributed by atoms with Gasteiger partial charge in [0.25, 0.3) is 5.91 Å². The highest BCUT2D eigenvalue weighted by molar-refractivity contribution is 5.92. The SMILES string of the molecule is CN(CCN1CCOCC1)C(=O)c1ccn(-c2ccccc2)n1. The Kier molecular flexibility index (Phi) is 5.05. The lowest BCUT2D eigenvalue weighted by atomic mass is 10.3. The number of ether oxygens (including phenoxy) is 1. The molecule has 6 heteroatoms. The maximum absolute atomic E-state index is 12.5. The van der Waals surface area contributed by atoms with E-state index < -0.39 is 0 Å². The molecule has 0 bridgehead atoms. The van der Waals surface area contributed by atoms with Gasteiger partial charge in [-0.15, -0.1) is 0 Å². The Labute approximate surface area is 136 Å². The summed E-state index contributed by atoms with van der Waals surface area (Å²) in [5.41, 5.74) is 1.42. The minimum atomic E-state index is -0.0482. The summed E-state index contributed by atoms with van der Waals surface area (Å²) in [4.78, 5) is 16.5. The van der Waals surface area contributed by atoms with E-state index in [0.717, 1.165) is 38.5 Å². The summed E-state index contributed by atoms with van der Waals surface area (Å²) >= 11 is 0. The van der Waals surface area contributed by atoms with Crippen molar-refractivity contribution < 1.29 is 9.53 Å². The van der Waals surface area contributed by atoms with E-state index in [-0.39, 0.29) is 5.91 Å². The molecule has 3 rings (SSSR count). The Hall–Kier alpha value is -2.18. The molecule has 122 valence electrons. The Morgan fingerprint density at radius 3 is 2.70 bits per heavy atom. The summed E-state index contributed by atoms with van der Waals surface area (Å²) in [5, 5.41) is 4.39. The lowest BCUT2D eigenvalue weighted by Gasteiger charge is -2.28. The van der Waals surface area contributed by atoms with Crippen LogP contribution in [0.4, 0.5) is 0 Å². The van der Waals surface area contributed by atoms with Crippen molar-refractivity contribution in [1.29, 1.82) is 0 Å². The average molecular weight is 314 g/mol. The van der Waals surface area contributed by atoms with Gasteiger partial charge < -0.3 is 9.64 Å². The summed E-state index contributed by atoms with van der Waals surface area (Å²) in [6.07, 6.45) is 1.82. The van der Waals surface area contributed by atoms with E-state index in [1.165, 1.54) is 0 Å². The zero-order valence-electron chi connectivity index (χ0n) is 13.4. The van der Waals surface area contributed by atoms with Crippen molar-refractivity contribution in [3.63, 3.8) is 0 Å². The molecule has 0 atom stereocenters. The van der Waals surface area contributed by atoms with Gasteiger partial charge in [0, 0.05) is 39.4 Å². The third-order valence-electron chi connectivity index (χ3n) is 4.03. The molecule has 1 saturated heterocycles. The molecule has 2 aromatic rings. The van der Waals surface area contributed by atoms with Gasteiger partial charge >= 0.3 is 0 Å². The van der Waals surface area contributed by atoms with E-state index in [4.69, 9.17) is 4.74 Å². The number of hydrogen-bond donors (Lipinski definition) is 0. The van der Waals surface area contributed by atoms with Crippen LogP contribution in [0.5, 0.6) is 0 Å². The number of nitrogens with zero attached hydrogens (tertiary/aromatic N) is 4. The molecule has 1 fully saturated rings. The van der Waals surface area contributed by atoms with Crippen LogP contribution in [0.2, 0.25) is 0 Å². The van der Waals surface area contributed by atoms with Crippen LogP contribution >= 0.6 is 0 Å². The molecule has 2 heterocycles. The van der Waals surface area contributed by atoms with Gasteiger partial charge in [0.2, 0.25) is 0 Å². The van der Waals surface area contributed by atoms with Crippen molar-refractivity contribution in [2.75, 3.05) is 46.4 Å². The molecule has 0 N–H and O–H groups in total. The monoisotopic (exact) mass is 314 g/mol. The number of amides is 1. The predicted octanol–water partition coefficient (Wildman–Crippen LogP) is 1.28. The quantitative estimate of drug-likeness (QED) is 0.834. The Morgan fingerprint density at radius 2 is 1.96 bits per heavy atom. The molecule has 1 amide bonds. The van der Waals surface area contributed by atoms with Crippen LogP contribution in [0.25, 0.3) is 5.69 Å². The molecular weight excluding hydrogens is 292 g/mol. The highest BCUT2D eigenvalue weighted by atomic mass is 16.5. The fourth-order valence-electron chi connectivity index (χ4n) is 2.58. The Morgan fingerprint density at radius 1 is 1.22 bits per heavy atom. The van der Waals surface area contributed by atoms with Gasteiger partial charge in [-0.1, -0.05) is 18.2 Å². The fraction of sp³-hybridized carbons (Fsp3) is 0.412. The second-order valence-electron chi connectivity index (χ2n) is 5.66. The van der Waals surface area contributed by atoms with Gasteiger partial charge in [-0.3, -0.25) is 9.69 Å². The van der Waals surface area contributed by atoms with Gasteiger partial charge in [0.1, 0.15) is 0 Å². The van der Waals surface area contributed by atoms with E-state index in [2.05, 4.69) is 10.00 Å². The molecule has 0 radical (unpaired) electrons. The summed E-state index contributed by atoms with van der Waals surface area (Å²) in [7, 11) is 1.82. The second kappa shape index (κ2) is 7.39. The number of rotatable bonds is 5. The third-order valence-corrected chi connectivity index (χ3v) is 4.03. The molecule has 6 nitrogen and oxygen atoms in total. The minimum Gasteiger partial charge on any atom is -0.379 e. The average Bonchev–Trinajstić information content (AvgIpc) is 3.11. The number of aromatic nitrogens is 2. The lowest BCUT2D eigenvalue weighted by Crippen LogP contribution is -2.42. The number of hydrogen-bond acceptors (Lipinski definition) is 4.